The van der Waals surface area contributed by atoms with Crippen LogP contribution in [0.4, 0.5) is 0 Å². The van der Waals surface area contributed by atoms with Crippen LogP contribution in [0.3, 0.4) is 0 Å². The molecule has 0 spiro atoms. The number of halogens is 1. The zero-order valence-electron chi connectivity index (χ0n) is 8.63. The second-order valence-corrected chi connectivity index (χ2v) is 4.73. The van der Waals surface area contributed by atoms with Gasteiger partial charge in [-0.3, -0.25) is 0 Å². The van der Waals surface area contributed by atoms with Crippen LogP contribution in [-0.4, -0.2) is 11.6 Å². The second kappa shape index (κ2) is 6.08. The lowest BCUT2D eigenvalue weighted by molar-refractivity contribution is 0.312. The van der Waals surface area contributed by atoms with Gasteiger partial charge in [-0.05, 0) is 47.0 Å². The lowest BCUT2D eigenvalue weighted by Gasteiger charge is -2.08. The number of hydrogen-bond donors (Lipinski definition) is 1. The van der Waals surface area contributed by atoms with Gasteiger partial charge in [0.1, 0.15) is 5.75 Å². The summed E-state index contributed by atoms with van der Waals surface area (Å²) in [6.45, 7) is 2.68. The molecule has 2 N–H and O–H groups in total. The number of rotatable bonds is 5. The zero-order chi connectivity index (χ0) is 11.3. The number of nitrogens with two attached hydrogens (primary N) is 1. The third-order valence-electron chi connectivity index (χ3n) is 1.91. The average molecular weight is 288 g/mol. The van der Waals surface area contributed by atoms with Crippen molar-refractivity contribution in [3.63, 3.8) is 0 Å². The first-order valence-corrected chi connectivity index (χ1v) is 5.97. The molecule has 2 nitrogen and oxygen atoms in total. The molecular formula is C11H14BrNOS. The van der Waals surface area contributed by atoms with Gasteiger partial charge in [-0.15, -0.1) is 0 Å². The van der Waals surface area contributed by atoms with Gasteiger partial charge in [-0.25, -0.2) is 0 Å². The van der Waals surface area contributed by atoms with E-state index in [-0.39, 0.29) is 0 Å². The summed E-state index contributed by atoms with van der Waals surface area (Å²) < 4.78 is 6.56. The molecule has 0 heterocycles. The molecule has 0 aromatic heterocycles. The van der Waals surface area contributed by atoms with Crippen molar-refractivity contribution >= 4 is 33.1 Å². The van der Waals surface area contributed by atoms with Gasteiger partial charge in [0.05, 0.1) is 16.1 Å². The lowest BCUT2D eigenvalue weighted by Crippen LogP contribution is -2.09. The van der Waals surface area contributed by atoms with Crippen molar-refractivity contribution in [1.29, 1.82) is 0 Å². The van der Waals surface area contributed by atoms with Crippen LogP contribution in [0, 0.1) is 6.92 Å². The summed E-state index contributed by atoms with van der Waals surface area (Å²) >= 11 is 8.23. The highest BCUT2D eigenvalue weighted by atomic mass is 79.9. The summed E-state index contributed by atoms with van der Waals surface area (Å²) in [7, 11) is 0. The molecule has 15 heavy (non-hydrogen) atoms. The smallest absolute Gasteiger partial charge is 0.133 e. The largest absolute Gasteiger partial charge is 0.492 e. The van der Waals surface area contributed by atoms with Crippen molar-refractivity contribution in [2.24, 2.45) is 5.73 Å². The van der Waals surface area contributed by atoms with Crippen molar-refractivity contribution in [2.75, 3.05) is 6.61 Å². The Hall–Kier alpha value is -0.610. The van der Waals surface area contributed by atoms with E-state index in [4.69, 9.17) is 22.7 Å². The molecule has 0 aliphatic carbocycles. The Labute approximate surface area is 104 Å². The Morgan fingerprint density at radius 3 is 2.87 bits per heavy atom. The molecule has 0 radical (unpaired) electrons. The Morgan fingerprint density at radius 2 is 2.27 bits per heavy atom. The molecule has 4 heteroatoms. The van der Waals surface area contributed by atoms with Crippen LogP contribution in [0.15, 0.2) is 22.7 Å². The fraction of sp³-hybridized carbons (Fsp3) is 0.364. The van der Waals surface area contributed by atoms with Crippen molar-refractivity contribution < 1.29 is 4.74 Å². The molecule has 1 aromatic carbocycles. The van der Waals surface area contributed by atoms with Crippen LogP contribution >= 0.6 is 28.1 Å². The van der Waals surface area contributed by atoms with E-state index < -0.39 is 0 Å². The first-order valence-electron chi connectivity index (χ1n) is 4.77. The van der Waals surface area contributed by atoms with Crippen LogP contribution in [0.25, 0.3) is 0 Å². The van der Waals surface area contributed by atoms with Crippen LogP contribution in [0.2, 0.25) is 0 Å². The van der Waals surface area contributed by atoms with Crippen LogP contribution in [0.1, 0.15) is 18.4 Å². The van der Waals surface area contributed by atoms with Crippen LogP contribution in [-0.2, 0) is 0 Å². The van der Waals surface area contributed by atoms with Gasteiger partial charge < -0.3 is 10.5 Å². The molecule has 82 valence electrons. The van der Waals surface area contributed by atoms with Crippen molar-refractivity contribution in [2.45, 2.75) is 19.8 Å². The molecule has 0 unspecified atom stereocenters. The summed E-state index contributed by atoms with van der Waals surface area (Å²) in [5.74, 6) is 0.864. The minimum absolute atomic E-state index is 0.543. The normalized spacial score (nSPS) is 10.0. The van der Waals surface area contributed by atoms with E-state index in [0.29, 0.717) is 11.6 Å². The molecule has 0 saturated heterocycles. The predicted molar refractivity (Wildman–Crippen MR) is 70.4 cm³/mol. The minimum Gasteiger partial charge on any atom is -0.492 e. The SMILES string of the molecule is Cc1ccc(OCCCC(N)=S)c(Br)c1. The summed E-state index contributed by atoms with van der Waals surface area (Å²) in [5, 5.41) is 0. The maximum atomic E-state index is 5.58. The van der Waals surface area contributed by atoms with E-state index in [9.17, 15) is 0 Å². The molecule has 1 aromatic rings. The summed E-state index contributed by atoms with van der Waals surface area (Å²) in [6, 6.07) is 6.01. The van der Waals surface area contributed by atoms with Gasteiger partial charge in [0, 0.05) is 6.42 Å². The highest BCUT2D eigenvalue weighted by Gasteiger charge is 2.00. The van der Waals surface area contributed by atoms with Crippen molar-refractivity contribution in [3.8, 4) is 5.75 Å². The van der Waals surface area contributed by atoms with Gasteiger partial charge in [0.25, 0.3) is 0 Å². The molecule has 0 saturated carbocycles. The lowest BCUT2D eigenvalue weighted by atomic mass is 10.2. The summed E-state index contributed by atoms with van der Waals surface area (Å²) in [5.41, 5.74) is 6.59. The molecule has 0 fully saturated rings. The van der Waals surface area contributed by atoms with E-state index >= 15 is 0 Å². The maximum Gasteiger partial charge on any atom is 0.133 e. The Bertz CT molecular complexity index is 354. The number of thiocarbonyl (C=S) groups is 1. The molecule has 1 rings (SSSR count). The first-order chi connectivity index (χ1) is 7.09. The summed E-state index contributed by atoms with van der Waals surface area (Å²) in [4.78, 5) is 0.543. The molecule has 0 aliphatic rings. The van der Waals surface area contributed by atoms with E-state index in [2.05, 4.69) is 15.9 Å². The molecular weight excluding hydrogens is 274 g/mol. The van der Waals surface area contributed by atoms with E-state index in [1.54, 1.807) is 0 Å². The van der Waals surface area contributed by atoms with Crippen molar-refractivity contribution in [3.05, 3.63) is 28.2 Å². The first kappa shape index (κ1) is 12.5. The zero-order valence-corrected chi connectivity index (χ0v) is 11.0. The van der Waals surface area contributed by atoms with E-state index in [1.807, 2.05) is 25.1 Å². The highest BCUT2D eigenvalue weighted by Crippen LogP contribution is 2.25. The number of benzene rings is 1. The highest BCUT2D eigenvalue weighted by molar-refractivity contribution is 9.10. The van der Waals surface area contributed by atoms with Gasteiger partial charge >= 0.3 is 0 Å². The summed E-state index contributed by atoms with van der Waals surface area (Å²) in [6.07, 6.45) is 1.59. The number of aryl methyl sites for hydroxylation is 1. The maximum absolute atomic E-state index is 5.58. The molecule has 0 aliphatic heterocycles. The molecule has 0 bridgehead atoms. The Balaban J connectivity index is 2.40. The molecule has 0 atom stereocenters. The molecule has 0 amide bonds. The average Bonchev–Trinajstić information content (AvgIpc) is 2.14. The van der Waals surface area contributed by atoms with Crippen molar-refractivity contribution in [1.82, 2.24) is 0 Å². The van der Waals surface area contributed by atoms with E-state index in [0.717, 1.165) is 23.1 Å². The predicted octanol–water partition coefficient (Wildman–Crippen LogP) is 3.20. The fourth-order valence-corrected chi connectivity index (χ4v) is 1.90. The quantitative estimate of drug-likeness (QED) is 0.667. The number of hydrogen-bond acceptors (Lipinski definition) is 2. The minimum atomic E-state index is 0.543. The Morgan fingerprint density at radius 1 is 1.53 bits per heavy atom. The van der Waals surface area contributed by atoms with E-state index in [1.165, 1.54) is 5.56 Å². The van der Waals surface area contributed by atoms with Gasteiger partial charge in [0.15, 0.2) is 0 Å². The third kappa shape index (κ3) is 4.62. The van der Waals surface area contributed by atoms with Gasteiger partial charge in [-0.1, -0.05) is 18.3 Å². The Kier molecular flexibility index (Phi) is 5.05. The van der Waals surface area contributed by atoms with Gasteiger partial charge in [-0.2, -0.15) is 0 Å². The van der Waals surface area contributed by atoms with Crippen LogP contribution in [0.5, 0.6) is 5.75 Å². The fourth-order valence-electron chi connectivity index (χ4n) is 1.15. The second-order valence-electron chi connectivity index (χ2n) is 3.35. The van der Waals surface area contributed by atoms with Crippen LogP contribution < -0.4 is 10.5 Å². The number of ether oxygens (including phenoxy) is 1. The standard InChI is InChI=1S/C11H14BrNOS/c1-8-4-5-10(9(12)7-8)14-6-2-3-11(13)15/h4-5,7H,2-3,6H2,1H3,(H2,13,15). The third-order valence-corrected chi connectivity index (χ3v) is 2.74. The van der Waals surface area contributed by atoms with Gasteiger partial charge in [0.2, 0.25) is 0 Å². The topological polar surface area (TPSA) is 35.2 Å². The monoisotopic (exact) mass is 287 g/mol.